The van der Waals surface area contributed by atoms with Gasteiger partial charge in [-0.3, -0.25) is 9.59 Å². The molecule has 1 N–H and O–H groups in total. The highest BCUT2D eigenvalue weighted by Crippen LogP contribution is 2.25. The first kappa shape index (κ1) is 21.3. The number of piperazine rings is 1. The summed E-state index contributed by atoms with van der Waals surface area (Å²) in [5, 5.41) is 0. The van der Waals surface area contributed by atoms with Crippen molar-refractivity contribution in [2.45, 2.75) is 32.2 Å². The van der Waals surface area contributed by atoms with Crippen LogP contribution < -0.4 is 19.4 Å². The normalized spacial score (nSPS) is 19.9. The summed E-state index contributed by atoms with van der Waals surface area (Å²) in [7, 11) is 0. The van der Waals surface area contributed by atoms with Crippen LogP contribution in [0.2, 0.25) is 0 Å². The van der Waals surface area contributed by atoms with Crippen LogP contribution in [0.1, 0.15) is 26.2 Å². The molecule has 7 heteroatoms. The van der Waals surface area contributed by atoms with E-state index in [0.29, 0.717) is 12.3 Å². The number of imide groups is 1. The molecular formula is C24H29FN3O3+. The molecular weight excluding hydrogens is 397 g/mol. The monoisotopic (exact) mass is 426 g/mol. The lowest BCUT2D eigenvalue weighted by Gasteiger charge is -2.35. The molecule has 164 valence electrons. The van der Waals surface area contributed by atoms with Gasteiger partial charge in [-0.2, -0.15) is 0 Å². The zero-order valence-electron chi connectivity index (χ0n) is 17.9. The maximum Gasteiger partial charge on any atom is 0.292 e. The molecule has 0 unspecified atom stereocenters. The smallest absolute Gasteiger partial charge is 0.292 e. The lowest BCUT2D eigenvalue weighted by atomic mass is 10.1. The number of hydrogen-bond acceptors (Lipinski definition) is 4. The Morgan fingerprint density at radius 2 is 1.65 bits per heavy atom. The van der Waals surface area contributed by atoms with Crippen LogP contribution in [0.25, 0.3) is 0 Å². The largest absolute Gasteiger partial charge is 0.494 e. The fourth-order valence-electron chi connectivity index (χ4n) is 4.30. The van der Waals surface area contributed by atoms with Gasteiger partial charge in [0.15, 0.2) is 6.04 Å². The maximum atomic E-state index is 13.2. The van der Waals surface area contributed by atoms with Gasteiger partial charge in [-0.25, -0.2) is 9.29 Å². The van der Waals surface area contributed by atoms with Gasteiger partial charge in [-0.15, -0.1) is 0 Å². The third-order valence-corrected chi connectivity index (χ3v) is 6.10. The van der Waals surface area contributed by atoms with E-state index in [2.05, 4.69) is 11.8 Å². The second-order valence-corrected chi connectivity index (χ2v) is 8.14. The molecule has 2 aliphatic rings. The molecule has 2 fully saturated rings. The highest BCUT2D eigenvalue weighted by molar-refractivity contribution is 6.21. The molecule has 2 aromatic rings. The molecule has 0 bridgehead atoms. The first-order valence-corrected chi connectivity index (χ1v) is 11.0. The number of nitrogens with one attached hydrogen (secondary N) is 1. The SMILES string of the molecule is CCCCOc1ccc(N2C(=O)C[C@H]([NH+]3CCN(c4ccc(F)cc4)CC3)C2=O)cc1. The molecule has 2 aliphatic heterocycles. The van der Waals surface area contributed by atoms with Crippen LogP contribution in [-0.2, 0) is 9.59 Å². The Kier molecular flexibility index (Phi) is 6.51. The zero-order chi connectivity index (χ0) is 21.8. The molecule has 2 amide bonds. The molecule has 6 nitrogen and oxygen atoms in total. The van der Waals surface area contributed by atoms with Gasteiger partial charge in [0.1, 0.15) is 11.6 Å². The lowest BCUT2D eigenvalue weighted by Crippen LogP contribution is -3.19. The summed E-state index contributed by atoms with van der Waals surface area (Å²) in [6.07, 6.45) is 2.29. The number of halogens is 1. The van der Waals surface area contributed by atoms with E-state index in [-0.39, 0.29) is 30.1 Å². The van der Waals surface area contributed by atoms with Crippen molar-refractivity contribution in [3.63, 3.8) is 0 Å². The summed E-state index contributed by atoms with van der Waals surface area (Å²) in [6, 6.07) is 13.3. The lowest BCUT2D eigenvalue weighted by molar-refractivity contribution is -0.915. The number of quaternary nitrogens is 1. The third-order valence-electron chi connectivity index (χ3n) is 6.10. The minimum Gasteiger partial charge on any atom is -0.494 e. The van der Waals surface area contributed by atoms with Crippen molar-refractivity contribution >= 4 is 23.2 Å². The average molecular weight is 427 g/mol. The number of hydrogen-bond donors (Lipinski definition) is 1. The predicted molar refractivity (Wildman–Crippen MR) is 117 cm³/mol. The number of benzene rings is 2. The first-order chi connectivity index (χ1) is 15.1. The van der Waals surface area contributed by atoms with E-state index in [4.69, 9.17) is 4.74 Å². The third kappa shape index (κ3) is 4.71. The molecule has 0 saturated carbocycles. The van der Waals surface area contributed by atoms with Crippen molar-refractivity contribution in [2.24, 2.45) is 0 Å². The Hall–Kier alpha value is -2.93. The average Bonchev–Trinajstić information content (AvgIpc) is 3.09. The number of anilines is 2. The number of unbranched alkanes of at least 4 members (excludes halogenated alkanes) is 1. The second-order valence-electron chi connectivity index (χ2n) is 8.14. The van der Waals surface area contributed by atoms with Gasteiger partial charge in [0.05, 0.1) is 44.9 Å². The van der Waals surface area contributed by atoms with E-state index in [9.17, 15) is 14.0 Å². The topological polar surface area (TPSA) is 54.3 Å². The number of carbonyl (C=O) groups excluding carboxylic acids is 2. The Balaban J connectivity index is 1.37. The van der Waals surface area contributed by atoms with Crippen molar-refractivity contribution in [3.8, 4) is 5.75 Å². The molecule has 2 heterocycles. The number of ether oxygens (including phenoxy) is 1. The highest BCUT2D eigenvalue weighted by Gasteiger charge is 2.46. The van der Waals surface area contributed by atoms with Crippen LogP contribution in [0.5, 0.6) is 5.75 Å². The Morgan fingerprint density at radius 1 is 1.00 bits per heavy atom. The fraction of sp³-hybridized carbons (Fsp3) is 0.417. The standard InChI is InChI=1S/C24H28FN3O3/c1-2-3-16-31-21-10-8-20(9-11-21)28-23(29)17-22(24(28)30)27-14-12-26(13-15-27)19-6-4-18(25)5-7-19/h4-11,22H,2-3,12-17H2,1H3/p+1/t22-/m0/s1. The quantitative estimate of drug-likeness (QED) is 0.544. The van der Waals surface area contributed by atoms with Gasteiger partial charge < -0.3 is 14.5 Å². The molecule has 2 aromatic carbocycles. The summed E-state index contributed by atoms with van der Waals surface area (Å²) < 4.78 is 18.8. The van der Waals surface area contributed by atoms with Crippen molar-refractivity contribution in [3.05, 3.63) is 54.3 Å². The fourth-order valence-corrected chi connectivity index (χ4v) is 4.30. The molecule has 0 radical (unpaired) electrons. The number of rotatable bonds is 7. The number of carbonyl (C=O) groups is 2. The van der Waals surface area contributed by atoms with Gasteiger partial charge in [-0.05, 0) is 55.0 Å². The van der Waals surface area contributed by atoms with Gasteiger partial charge in [-0.1, -0.05) is 13.3 Å². The molecule has 0 aromatic heterocycles. The van der Waals surface area contributed by atoms with E-state index in [1.807, 2.05) is 12.1 Å². The van der Waals surface area contributed by atoms with Crippen molar-refractivity contribution < 1.29 is 23.6 Å². The highest BCUT2D eigenvalue weighted by atomic mass is 19.1. The van der Waals surface area contributed by atoms with Crippen LogP contribution in [0, 0.1) is 5.82 Å². The van der Waals surface area contributed by atoms with Crippen LogP contribution in [-0.4, -0.2) is 50.6 Å². The van der Waals surface area contributed by atoms with E-state index in [0.717, 1.165) is 55.4 Å². The van der Waals surface area contributed by atoms with Gasteiger partial charge in [0, 0.05) is 5.69 Å². The van der Waals surface area contributed by atoms with Crippen molar-refractivity contribution in [1.29, 1.82) is 0 Å². The summed E-state index contributed by atoms with van der Waals surface area (Å²) in [5.74, 6) is 0.220. The zero-order valence-corrected chi connectivity index (χ0v) is 17.9. The second kappa shape index (κ2) is 9.47. The Morgan fingerprint density at radius 3 is 2.29 bits per heavy atom. The van der Waals surface area contributed by atoms with Crippen LogP contribution in [0.4, 0.5) is 15.8 Å². The van der Waals surface area contributed by atoms with Crippen LogP contribution in [0.15, 0.2) is 48.5 Å². The van der Waals surface area contributed by atoms with Crippen molar-refractivity contribution in [2.75, 3.05) is 42.6 Å². The van der Waals surface area contributed by atoms with Gasteiger partial charge in [0.2, 0.25) is 5.91 Å². The molecule has 1 atom stereocenters. The molecule has 4 rings (SSSR count). The maximum absolute atomic E-state index is 13.2. The number of amides is 2. The van der Waals surface area contributed by atoms with E-state index in [1.165, 1.54) is 17.0 Å². The summed E-state index contributed by atoms with van der Waals surface area (Å²) in [6.45, 7) is 5.83. The van der Waals surface area contributed by atoms with Crippen LogP contribution in [0.3, 0.4) is 0 Å². The van der Waals surface area contributed by atoms with Crippen molar-refractivity contribution in [1.82, 2.24) is 0 Å². The van der Waals surface area contributed by atoms with E-state index < -0.39 is 0 Å². The summed E-state index contributed by atoms with van der Waals surface area (Å²) >= 11 is 0. The molecule has 0 aliphatic carbocycles. The van der Waals surface area contributed by atoms with Crippen LogP contribution >= 0.6 is 0 Å². The summed E-state index contributed by atoms with van der Waals surface area (Å²) in [5.41, 5.74) is 1.59. The van der Waals surface area contributed by atoms with Gasteiger partial charge >= 0.3 is 0 Å². The Labute approximate surface area is 182 Å². The minimum absolute atomic E-state index is 0.130. The Bertz CT molecular complexity index is 909. The molecule has 2 saturated heterocycles. The van der Waals surface area contributed by atoms with Gasteiger partial charge in [0.25, 0.3) is 5.91 Å². The molecule has 31 heavy (non-hydrogen) atoms. The number of nitrogens with zero attached hydrogens (tertiary/aromatic N) is 2. The molecule has 0 spiro atoms. The summed E-state index contributed by atoms with van der Waals surface area (Å²) in [4.78, 5) is 30.4. The predicted octanol–water partition coefficient (Wildman–Crippen LogP) is 2.04. The van der Waals surface area contributed by atoms with E-state index in [1.54, 1.807) is 24.3 Å². The minimum atomic E-state index is -0.344. The first-order valence-electron chi connectivity index (χ1n) is 11.0. The van der Waals surface area contributed by atoms with E-state index >= 15 is 0 Å².